The molecule has 1 atom stereocenters. The number of piperazine rings is 1. The smallest absolute Gasteiger partial charge is 0.239 e. The average Bonchev–Trinajstić information content (AvgIpc) is 3.31. The minimum atomic E-state index is -0.0361. The van der Waals surface area contributed by atoms with E-state index in [4.69, 9.17) is 4.99 Å². The van der Waals surface area contributed by atoms with Crippen molar-refractivity contribution in [1.29, 1.82) is 0 Å². The van der Waals surface area contributed by atoms with Crippen molar-refractivity contribution in [2.45, 2.75) is 39.3 Å². The van der Waals surface area contributed by atoms with Crippen molar-refractivity contribution in [1.82, 2.24) is 25.0 Å². The van der Waals surface area contributed by atoms with Crippen molar-refractivity contribution in [3.63, 3.8) is 0 Å². The Balaban J connectivity index is 0.00000341. The van der Waals surface area contributed by atoms with Crippen LogP contribution in [-0.2, 0) is 11.3 Å². The molecule has 0 saturated carbocycles. The summed E-state index contributed by atoms with van der Waals surface area (Å²) in [5.41, 5.74) is 1.15. The lowest BCUT2D eigenvalue weighted by Crippen LogP contribution is -2.57. The van der Waals surface area contributed by atoms with E-state index in [1.165, 1.54) is 0 Å². The van der Waals surface area contributed by atoms with Crippen LogP contribution in [0.3, 0.4) is 0 Å². The highest BCUT2D eigenvalue weighted by molar-refractivity contribution is 14.0. The van der Waals surface area contributed by atoms with Crippen LogP contribution in [0.25, 0.3) is 0 Å². The van der Waals surface area contributed by atoms with Crippen LogP contribution in [0.15, 0.2) is 23.3 Å². The van der Waals surface area contributed by atoms with Gasteiger partial charge < -0.3 is 20.0 Å². The third-order valence-electron chi connectivity index (χ3n) is 5.95. The first-order valence-electron chi connectivity index (χ1n) is 11.2. The molecule has 9 heteroatoms. The van der Waals surface area contributed by atoms with Gasteiger partial charge in [0.2, 0.25) is 5.91 Å². The van der Waals surface area contributed by atoms with E-state index in [1.54, 1.807) is 0 Å². The van der Waals surface area contributed by atoms with Crippen LogP contribution in [0.4, 0.5) is 5.82 Å². The molecule has 0 aromatic carbocycles. The van der Waals surface area contributed by atoms with E-state index >= 15 is 0 Å². The lowest BCUT2D eigenvalue weighted by molar-refractivity contribution is -0.135. The van der Waals surface area contributed by atoms with E-state index in [0.29, 0.717) is 6.54 Å². The first-order chi connectivity index (χ1) is 14.5. The Kier molecular flexibility index (Phi) is 10.3. The number of aliphatic imine (C=N–C) groups is 1. The molecule has 174 valence electrons. The van der Waals surface area contributed by atoms with Crippen LogP contribution < -0.4 is 10.2 Å². The maximum Gasteiger partial charge on any atom is 0.239 e. The molecule has 1 unspecified atom stereocenters. The zero-order valence-electron chi connectivity index (χ0n) is 19.4. The molecule has 1 aromatic rings. The molecule has 1 amide bonds. The molecule has 1 N–H and O–H groups in total. The molecular weight excluding hydrogens is 505 g/mol. The number of likely N-dealkylation sites (tertiary alicyclic amines) is 1. The average molecular weight is 543 g/mol. The minimum Gasteiger partial charge on any atom is -0.363 e. The number of anilines is 1. The molecule has 31 heavy (non-hydrogen) atoms. The van der Waals surface area contributed by atoms with Gasteiger partial charge in [0.05, 0.1) is 12.6 Å². The highest BCUT2D eigenvalue weighted by atomic mass is 127. The Morgan fingerprint density at radius 1 is 1.16 bits per heavy atom. The maximum absolute atomic E-state index is 12.7. The highest BCUT2D eigenvalue weighted by Crippen LogP contribution is 2.15. The van der Waals surface area contributed by atoms with Gasteiger partial charge in [-0.3, -0.25) is 9.69 Å². The van der Waals surface area contributed by atoms with Crippen molar-refractivity contribution < 1.29 is 4.79 Å². The SMILES string of the molecule is CCNC(=NCc1ccnc(N(C)C)c1)N1CCN(C(C)C(=O)N2CCCC2)CC1.I. The second-order valence-electron chi connectivity index (χ2n) is 8.32. The van der Waals surface area contributed by atoms with Crippen molar-refractivity contribution >= 4 is 41.7 Å². The number of nitrogens with one attached hydrogen (secondary N) is 1. The van der Waals surface area contributed by atoms with E-state index in [1.807, 2.05) is 36.2 Å². The van der Waals surface area contributed by atoms with E-state index < -0.39 is 0 Å². The Morgan fingerprint density at radius 2 is 1.84 bits per heavy atom. The zero-order valence-corrected chi connectivity index (χ0v) is 21.7. The van der Waals surface area contributed by atoms with Gasteiger partial charge in [-0.2, -0.15) is 0 Å². The van der Waals surface area contributed by atoms with Gasteiger partial charge in [0, 0.05) is 66.1 Å². The summed E-state index contributed by atoms with van der Waals surface area (Å²) in [5, 5.41) is 3.43. The van der Waals surface area contributed by atoms with Crippen molar-refractivity contribution in [3.05, 3.63) is 23.9 Å². The number of hydrogen-bond acceptors (Lipinski definition) is 5. The molecule has 2 aliphatic heterocycles. The normalized spacial score (nSPS) is 18.5. The quantitative estimate of drug-likeness (QED) is 0.336. The summed E-state index contributed by atoms with van der Waals surface area (Å²) in [5.74, 6) is 2.17. The maximum atomic E-state index is 12.7. The summed E-state index contributed by atoms with van der Waals surface area (Å²) in [7, 11) is 3.99. The van der Waals surface area contributed by atoms with Crippen LogP contribution in [0.2, 0.25) is 0 Å². The standard InChI is InChI=1S/C22H37N7O.HI/c1-5-23-22(25-17-19-8-9-24-20(16-19)26(3)4)29-14-12-27(13-15-29)18(2)21(30)28-10-6-7-11-28;/h8-9,16,18H,5-7,10-15,17H2,1-4H3,(H,23,25);1H. The largest absolute Gasteiger partial charge is 0.363 e. The molecule has 0 spiro atoms. The number of pyridine rings is 1. The molecule has 0 aliphatic carbocycles. The van der Waals surface area contributed by atoms with Gasteiger partial charge in [0.25, 0.3) is 0 Å². The number of hydrogen-bond donors (Lipinski definition) is 1. The number of halogens is 1. The predicted molar refractivity (Wildman–Crippen MR) is 137 cm³/mol. The van der Waals surface area contributed by atoms with Crippen LogP contribution in [-0.4, -0.2) is 97.5 Å². The van der Waals surface area contributed by atoms with Crippen molar-refractivity contribution in [2.75, 3.05) is 64.8 Å². The monoisotopic (exact) mass is 543 g/mol. The van der Waals surface area contributed by atoms with Crippen LogP contribution in [0.1, 0.15) is 32.3 Å². The summed E-state index contributed by atoms with van der Waals surface area (Å²) >= 11 is 0. The number of amides is 1. The van der Waals surface area contributed by atoms with Crippen LogP contribution >= 0.6 is 24.0 Å². The second-order valence-corrected chi connectivity index (χ2v) is 8.32. The molecule has 8 nitrogen and oxygen atoms in total. The Morgan fingerprint density at radius 3 is 2.45 bits per heavy atom. The lowest BCUT2D eigenvalue weighted by Gasteiger charge is -2.39. The first-order valence-corrected chi connectivity index (χ1v) is 11.2. The fourth-order valence-corrected chi connectivity index (χ4v) is 4.07. The molecule has 1 aromatic heterocycles. The molecule has 3 rings (SSSR count). The second kappa shape index (κ2) is 12.4. The Bertz CT molecular complexity index is 728. The van der Waals surface area contributed by atoms with Gasteiger partial charge >= 0.3 is 0 Å². The van der Waals surface area contributed by atoms with Crippen molar-refractivity contribution in [3.8, 4) is 0 Å². The molecule has 2 aliphatic rings. The number of aromatic nitrogens is 1. The molecule has 2 fully saturated rings. The number of guanidine groups is 1. The van der Waals surface area contributed by atoms with Gasteiger partial charge in [0.1, 0.15) is 5.82 Å². The van der Waals surface area contributed by atoms with Crippen LogP contribution in [0, 0.1) is 0 Å². The number of carbonyl (C=O) groups is 1. The fourth-order valence-electron chi connectivity index (χ4n) is 4.07. The van der Waals surface area contributed by atoms with Gasteiger partial charge in [-0.1, -0.05) is 0 Å². The summed E-state index contributed by atoms with van der Waals surface area (Å²) in [6.07, 6.45) is 4.12. The van der Waals surface area contributed by atoms with E-state index in [9.17, 15) is 4.79 Å². The first kappa shape index (κ1) is 25.6. The van der Waals surface area contributed by atoms with Gasteiger partial charge in [-0.15, -0.1) is 24.0 Å². The van der Waals surface area contributed by atoms with Crippen LogP contribution in [0.5, 0.6) is 0 Å². The summed E-state index contributed by atoms with van der Waals surface area (Å²) in [6, 6.07) is 4.06. The molecule has 2 saturated heterocycles. The fraction of sp³-hybridized carbons (Fsp3) is 0.682. The molecule has 3 heterocycles. The Labute approximate surface area is 204 Å². The van der Waals surface area contributed by atoms with Crippen molar-refractivity contribution in [2.24, 2.45) is 4.99 Å². The number of rotatable bonds is 6. The third-order valence-corrected chi connectivity index (χ3v) is 5.95. The summed E-state index contributed by atoms with van der Waals surface area (Å²) in [6.45, 7) is 11.0. The topological polar surface area (TPSA) is 67.3 Å². The van der Waals surface area contributed by atoms with E-state index in [2.05, 4.69) is 40.0 Å². The zero-order chi connectivity index (χ0) is 21.5. The summed E-state index contributed by atoms with van der Waals surface area (Å²) < 4.78 is 0. The predicted octanol–water partition coefficient (Wildman–Crippen LogP) is 1.86. The molecular formula is C22H38IN7O. The number of nitrogens with zero attached hydrogens (tertiary/aromatic N) is 6. The van der Waals surface area contributed by atoms with E-state index in [0.717, 1.165) is 76.0 Å². The van der Waals surface area contributed by atoms with Gasteiger partial charge in [0.15, 0.2) is 5.96 Å². The molecule has 0 radical (unpaired) electrons. The summed E-state index contributed by atoms with van der Waals surface area (Å²) in [4.78, 5) is 30.6. The van der Waals surface area contributed by atoms with Gasteiger partial charge in [-0.05, 0) is 44.4 Å². The molecule has 0 bridgehead atoms. The third kappa shape index (κ3) is 6.93. The highest BCUT2D eigenvalue weighted by Gasteiger charge is 2.30. The lowest BCUT2D eigenvalue weighted by atomic mass is 10.2. The number of carbonyl (C=O) groups excluding carboxylic acids is 1. The Hall–Kier alpha value is -1.62. The van der Waals surface area contributed by atoms with Gasteiger partial charge in [-0.25, -0.2) is 9.98 Å². The van der Waals surface area contributed by atoms with E-state index in [-0.39, 0.29) is 35.9 Å². The minimum absolute atomic E-state index is 0.